The second-order valence-electron chi connectivity index (χ2n) is 4.14. The Morgan fingerprint density at radius 2 is 1.71 bits per heavy atom. The maximum Gasteiger partial charge on any atom is 0.0722 e. The van der Waals surface area contributed by atoms with Gasteiger partial charge in [-0.25, -0.2) is 0 Å². The molecule has 0 saturated heterocycles. The molecule has 0 aliphatic carbocycles. The molecule has 0 radical (unpaired) electrons. The molecule has 0 aromatic heterocycles. The summed E-state index contributed by atoms with van der Waals surface area (Å²) in [5.41, 5.74) is 6.14. The van der Waals surface area contributed by atoms with Crippen molar-refractivity contribution >= 4 is 0 Å². The highest BCUT2D eigenvalue weighted by molar-refractivity contribution is 4.75. The van der Waals surface area contributed by atoms with Crippen LogP contribution >= 0.6 is 0 Å². The van der Waals surface area contributed by atoms with Crippen LogP contribution in [0, 0.1) is 5.92 Å². The number of rotatable bonds is 8. The van der Waals surface area contributed by atoms with E-state index in [0.717, 1.165) is 25.2 Å². The van der Waals surface area contributed by atoms with Crippen LogP contribution in [-0.4, -0.2) is 19.3 Å². The molecule has 0 spiro atoms. The van der Waals surface area contributed by atoms with E-state index in [1.165, 1.54) is 12.8 Å². The van der Waals surface area contributed by atoms with Crippen LogP contribution in [0.3, 0.4) is 0 Å². The molecule has 0 aliphatic heterocycles. The van der Waals surface area contributed by atoms with Gasteiger partial charge in [0.05, 0.1) is 6.10 Å². The van der Waals surface area contributed by atoms with Gasteiger partial charge < -0.3 is 10.5 Å². The Balaban J connectivity index is 3.94. The Morgan fingerprint density at radius 3 is 2.07 bits per heavy atom. The van der Waals surface area contributed by atoms with Gasteiger partial charge in [0.2, 0.25) is 0 Å². The fraction of sp³-hybridized carbons (Fsp3) is 1.00. The van der Waals surface area contributed by atoms with Gasteiger partial charge in [-0.05, 0) is 18.8 Å². The largest absolute Gasteiger partial charge is 0.380 e. The molecule has 0 rings (SSSR count). The molecule has 0 bridgehead atoms. The predicted octanol–water partition coefficient (Wildman–Crippen LogP) is 2.96. The topological polar surface area (TPSA) is 35.2 Å². The maximum atomic E-state index is 6.14. The van der Waals surface area contributed by atoms with Crippen LogP contribution in [0.5, 0.6) is 0 Å². The number of hydrogen-bond donors (Lipinski definition) is 1. The summed E-state index contributed by atoms with van der Waals surface area (Å²) in [6.45, 7) is 6.65. The van der Waals surface area contributed by atoms with E-state index in [9.17, 15) is 0 Å². The molecule has 2 nitrogen and oxygen atoms in total. The number of hydrogen-bond acceptors (Lipinski definition) is 2. The predicted molar refractivity (Wildman–Crippen MR) is 62.4 cm³/mol. The van der Waals surface area contributed by atoms with Crippen LogP contribution in [0.25, 0.3) is 0 Å². The van der Waals surface area contributed by atoms with E-state index in [1.54, 1.807) is 7.11 Å². The van der Waals surface area contributed by atoms with Gasteiger partial charge in [0, 0.05) is 13.2 Å². The van der Waals surface area contributed by atoms with Gasteiger partial charge in [-0.1, -0.05) is 40.0 Å². The molecule has 0 aromatic carbocycles. The van der Waals surface area contributed by atoms with Crippen LogP contribution in [0.15, 0.2) is 0 Å². The SMILES string of the molecule is CCCC(OC)C(N)CC(CC)CC. The monoisotopic (exact) mass is 201 g/mol. The smallest absolute Gasteiger partial charge is 0.0722 e. The fourth-order valence-corrected chi connectivity index (χ4v) is 1.95. The Morgan fingerprint density at radius 1 is 1.14 bits per heavy atom. The first-order valence-corrected chi connectivity index (χ1v) is 5.97. The van der Waals surface area contributed by atoms with E-state index in [0.29, 0.717) is 0 Å². The molecule has 0 aliphatic rings. The molecular weight excluding hydrogens is 174 g/mol. The Labute approximate surface area is 89.2 Å². The molecule has 2 unspecified atom stereocenters. The summed E-state index contributed by atoms with van der Waals surface area (Å²) in [6, 6.07) is 0.213. The highest BCUT2D eigenvalue weighted by atomic mass is 16.5. The molecule has 0 saturated carbocycles. The Kier molecular flexibility index (Phi) is 8.20. The minimum atomic E-state index is 0.213. The minimum absolute atomic E-state index is 0.213. The van der Waals surface area contributed by atoms with Crippen molar-refractivity contribution in [3.05, 3.63) is 0 Å². The summed E-state index contributed by atoms with van der Waals surface area (Å²) in [6.07, 6.45) is 6.04. The summed E-state index contributed by atoms with van der Waals surface area (Å²) in [7, 11) is 1.77. The highest BCUT2D eigenvalue weighted by Gasteiger charge is 2.19. The van der Waals surface area contributed by atoms with E-state index < -0.39 is 0 Å². The Bertz CT molecular complexity index is 123. The summed E-state index contributed by atoms with van der Waals surface area (Å²) < 4.78 is 5.42. The lowest BCUT2D eigenvalue weighted by atomic mass is 9.91. The van der Waals surface area contributed by atoms with Gasteiger partial charge in [0.1, 0.15) is 0 Å². The van der Waals surface area contributed by atoms with Crippen molar-refractivity contribution in [2.24, 2.45) is 11.7 Å². The first-order valence-electron chi connectivity index (χ1n) is 5.97. The second kappa shape index (κ2) is 8.25. The maximum absolute atomic E-state index is 6.14. The third kappa shape index (κ3) is 4.97. The number of methoxy groups -OCH3 is 1. The molecule has 86 valence electrons. The van der Waals surface area contributed by atoms with Crippen molar-refractivity contribution in [1.29, 1.82) is 0 Å². The van der Waals surface area contributed by atoms with Crippen molar-refractivity contribution in [1.82, 2.24) is 0 Å². The molecule has 0 amide bonds. The molecular formula is C12H27NO. The lowest BCUT2D eigenvalue weighted by molar-refractivity contribution is 0.0646. The van der Waals surface area contributed by atoms with Crippen LogP contribution in [-0.2, 0) is 4.74 Å². The van der Waals surface area contributed by atoms with Crippen LogP contribution < -0.4 is 5.73 Å². The first-order chi connectivity index (χ1) is 6.69. The summed E-state index contributed by atoms with van der Waals surface area (Å²) >= 11 is 0. The number of ether oxygens (including phenoxy) is 1. The zero-order valence-corrected chi connectivity index (χ0v) is 10.3. The van der Waals surface area contributed by atoms with Crippen molar-refractivity contribution in [3.8, 4) is 0 Å². The van der Waals surface area contributed by atoms with Gasteiger partial charge >= 0.3 is 0 Å². The third-order valence-electron chi connectivity index (χ3n) is 3.11. The van der Waals surface area contributed by atoms with E-state index in [4.69, 9.17) is 10.5 Å². The van der Waals surface area contributed by atoms with Crippen LogP contribution in [0.1, 0.15) is 52.9 Å². The quantitative estimate of drug-likeness (QED) is 0.655. The van der Waals surface area contributed by atoms with E-state index >= 15 is 0 Å². The van der Waals surface area contributed by atoms with Crippen molar-refractivity contribution in [2.75, 3.05) is 7.11 Å². The zero-order valence-electron chi connectivity index (χ0n) is 10.3. The van der Waals surface area contributed by atoms with Gasteiger partial charge in [-0.2, -0.15) is 0 Å². The molecule has 0 aromatic rings. The molecule has 2 atom stereocenters. The van der Waals surface area contributed by atoms with Gasteiger partial charge in [0.15, 0.2) is 0 Å². The summed E-state index contributed by atoms with van der Waals surface area (Å²) in [4.78, 5) is 0. The van der Waals surface area contributed by atoms with Gasteiger partial charge in [-0.3, -0.25) is 0 Å². The number of nitrogens with two attached hydrogens (primary N) is 1. The zero-order chi connectivity index (χ0) is 11.0. The standard InChI is InChI=1S/C12H27NO/c1-5-8-12(14-4)11(13)9-10(6-2)7-3/h10-12H,5-9,13H2,1-4H3. The Hall–Kier alpha value is -0.0800. The highest BCUT2D eigenvalue weighted by Crippen LogP contribution is 2.18. The fourth-order valence-electron chi connectivity index (χ4n) is 1.95. The summed E-state index contributed by atoms with van der Waals surface area (Å²) in [5.74, 6) is 0.763. The lowest BCUT2D eigenvalue weighted by Crippen LogP contribution is -2.37. The summed E-state index contributed by atoms with van der Waals surface area (Å²) in [5, 5.41) is 0. The first kappa shape index (κ1) is 13.9. The lowest BCUT2D eigenvalue weighted by Gasteiger charge is -2.25. The van der Waals surface area contributed by atoms with Crippen molar-refractivity contribution in [3.63, 3.8) is 0 Å². The van der Waals surface area contributed by atoms with Crippen molar-refractivity contribution < 1.29 is 4.74 Å². The molecule has 2 heteroatoms. The van der Waals surface area contributed by atoms with E-state index in [1.807, 2.05) is 0 Å². The van der Waals surface area contributed by atoms with Crippen LogP contribution in [0.2, 0.25) is 0 Å². The van der Waals surface area contributed by atoms with Gasteiger partial charge in [-0.15, -0.1) is 0 Å². The molecule has 2 N–H and O–H groups in total. The van der Waals surface area contributed by atoms with E-state index in [-0.39, 0.29) is 12.1 Å². The van der Waals surface area contributed by atoms with E-state index in [2.05, 4.69) is 20.8 Å². The second-order valence-corrected chi connectivity index (χ2v) is 4.14. The molecule has 0 fully saturated rings. The average molecular weight is 201 g/mol. The molecule has 14 heavy (non-hydrogen) atoms. The van der Waals surface area contributed by atoms with Crippen molar-refractivity contribution in [2.45, 2.75) is 65.0 Å². The normalized spacial score (nSPS) is 15.9. The average Bonchev–Trinajstić information content (AvgIpc) is 2.22. The van der Waals surface area contributed by atoms with Gasteiger partial charge in [0.25, 0.3) is 0 Å². The van der Waals surface area contributed by atoms with Crippen LogP contribution in [0.4, 0.5) is 0 Å². The molecule has 0 heterocycles. The minimum Gasteiger partial charge on any atom is -0.380 e. The third-order valence-corrected chi connectivity index (χ3v) is 3.11.